The molecule has 0 atom stereocenters. The third-order valence-corrected chi connectivity index (χ3v) is 2.07. The van der Waals surface area contributed by atoms with E-state index in [9.17, 15) is 9.70 Å². The second-order valence-electron chi connectivity index (χ2n) is 3.28. The van der Waals surface area contributed by atoms with Gasteiger partial charge in [-0.05, 0) is 12.8 Å². The first kappa shape index (κ1) is 12.3. The Kier molecular flexibility index (Phi) is 10.6. The second kappa shape index (κ2) is 11.3. The molecule has 0 saturated carbocycles. The third-order valence-electron chi connectivity index (χ3n) is 2.07. The van der Waals surface area contributed by atoms with E-state index in [1.54, 1.807) is 0 Å². The maximum Gasteiger partial charge on any atom is 0.119 e. The number of hydrogen-bond donors (Lipinski definition) is 0. The zero-order chi connectivity index (χ0) is 9.78. The van der Waals surface area contributed by atoms with E-state index in [0.29, 0.717) is 13.0 Å². The van der Waals surface area contributed by atoms with E-state index in [-0.39, 0.29) is 0 Å². The summed E-state index contributed by atoms with van der Waals surface area (Å²) in [5.74, 6) is 0. The number of carbonyl (C=O) groups excluding carboxylic acids is 1. The highest BCUT2D eigenvalue weighted by molar-refractivity contribution is 5.48. The Labute approximate surface area is 79.9 Å². The van der Waals surface area contributed by atoms with Crippen molar-refractivity contribution in [3.8, 4) is 0 Å². The monoisotopic (exact) mass is 185 g/mol. The lowest BCUT2D eigenvalue weighted by molar-refractivity contribution is -0.107. The number of hydrogen-bond acceptors (Lipinski definition) is 3. The molecule has 3 heteroatoms. The van der Waals surface area contributed by atoms with Crippen molar-refractivity contribution in [2.24, 2.45) is 5.18 Å². The highest BCUT2D eigenvalue weighted by Gasteiger charge is 1.91. The molecule has 0 rings (SSSR count). The molecule has 0 aliphatic rings. The van der Waals surface area contributed by atoms with E-state index >= 15 is 0 Å². The van der Waals surface area contributed by atoms with E-state index < -0.39 is 0 Å². The zero-order valence-electron chi connectivity index (χ0n) is 8.21. The minimum Gasteiger partial charge on any atom is -0.303 e. The van der Waals surface area contributed by atoms with Gasteiger partial charge in [-0.25, -0.2) is 0 Å². The molecule has 0 aliphatic carbocycles. The van der Waals surface area contributed by atoms with Crippen LogP contribution in [-0.4, -0.2) is 12.8 Å². The predicted octanol–water partition coefficient (Wildman–Crippen LogP) is 3.07. The smallest absolute Gasteiger partial charge is 0.119 e. The summed E-state index contributed by atoms with van der Waals surface area (Å²) < 4.78 is 0. The fourth-order valence-electron chi connectivity index (χ4n) is 1.29. The Bertz CT molecular complexity index is 112. The van der Waals surface area contributed by atoms with Crippen LogP contribution in [-0.2, 0) is 4.79 Å². The van der Waals surface area contributed by atoms with Gasteiger partial charge in [0.25, 0.3) is 0 Å². The first-order chi connectivity index (χ1) is 6.41. The van der Waals surface area contributed by atoms with Crippen LogP contribution in [0.15, 0.2) is 5.18 Å². The highest BCUT2D eigenvalue weighted by atomic mass is 16.3. The van der Waals surface area contributed by atoms with Crippen molar-refractivity contribution in [1.82, 2.24) is 0 Å². The van der Waals surface area contributed by atoms with E-state index in [0.717, 1.165) is 32.0 Å². The van der Waals surface area contributed by atoms with Gasteiger partial charge in [0, 0.05) is 6.42 Å². The summed E-state index contributed by atoms with van der Waals surface area (Å²) >= 11 is 0. The largest absolute Gasteiger partial charge is 0.303 e. The van der Waals surface area contributed by atoms with Crippen molar-refractivity contribution in [3.63, 3.8) is 0 Å². The van der Waals surface area contributed by atoms with Crippen LogP contribution in [0.5, 0.6) is 0 Å². The van der Waals surface area contributed by atoms with Crippen LogP contribution in [0.25, 0.3) is 0 Å². The van der Waals surface area contributed by atoms with Gasteiger partial charge in [0.1, 0.15) is 6.29 Å². The number of aldehydes is 1. The molecule has 0 saturated heterocycles. The number of unbranched alkanes of at least 4 members (excludes halogenated alkanes) is 7. The molecule has 0 fully saturated rings. The summed E-state index contributed by atoms with van der Waals surface area (Å²) in [6.45, 7) is 0.463. The van der Waals surface area contributed by atoms with Gasteiger partial charge in [0.05, 0.1) is 6.54 Å². The van der Waals surface area contributed by atoms with Crippen LogP contribution < -0.4 is 0 Å². The fraction of sp³-hybridized carbons (Fsp3) is 0.900. The third kappa shape index (κ3) is 11.3. The first-order valence-electron chi connectivity index (χ1n) is 5.14. The normalized spacial score (nSPS) is 9.85. The minimum absolute atomic E-state index is 0.463. The lowest BCUT2D eigenvalue weighted by atomic mass is 10.1. The standard InChI is InChI=1S/C10H19NO2/c12-10-8-6-4-2-1-3-5-7-9-11-13/h10H,1-9H2. The zero-order valence-corrected chi connectivity index (χ0v) is 8.21. The number of carbonyl (C=O) groups is 1. The van der Waals surface area contributed by atoms with Crippen LogP contribution in [0.1, 0.15) is 51.4 Å². The quantitative estimate of drug-likeness (QED) is 0.298. The van der Waals surface area contributed by atoms with E-state index in [1.165, 1.54) is 19.3 Å². The maximum absolute atomic E-state index is 9.97. The lowest BCUT2D eigenvalue weighted by Crippen LogP contribution is -1.83. The van der Waals surface area contributed by atoms with Gasteiger partial charge in [0.15, 0.2) is 0 Å². The van der Waals surface area contributed by atoms with Crippen molar-refractivity contribution < 1.29 is 4.79 Å². The van der Waals surface area contributed by atoms with Crippen molar-refractivity contribution in [1.29, 1.82) is 0 Å². The van der Waals surface area contributed by atoms with Gasteiger partial charge in [-0.15, -0.1) is 0 Å². The first-order valence-corrected chi connectivity index (χ1v) is 5.14. The molecule has 76 valence electrons. The molecule has 3 nitrogen and oxygen atoms in total. The van der Waals surface area contributed by atoms with Crippen LogP contribution in [0.4, 0.5) is 0 Å². The Balaban J connectivity index is 2.83. The van der Waals surface area contributed by atoms with Crippen molar-refractivity contribution in [2.45, 2.75) is 51.4 Å². The molecule has 0 aromatic heterocycles. The molecule has 0 spiro atoms. The van der Waals surface area contributed by atoms with Crippen LogP contribution in [0, 0.1) is 4.91 Å². The highest BCUT2D eigenvalue weighted by Crippen LogP contribution is 2.07. The average molecular weight is 185 g/mol. The number of nitroso groups, excluding NO2 is 1. The molecular formula is C10H19NO2. The van der Waals surface area contributed by atoms with E-state index in [2.05, 4.69) is 5.18 Å². The molecule has 0 unspecified atom stereocenters. The molecule has 0 aliphatic heterocycles. The molecule has 0 bridgehead atoms. The van der Waals surface area contributed by atoms with Gasteiger partial charge in [-0.3, -0.25) is 0 Å². The topological polar surface area (TPSA) is 46.5 Å². The fourth-order valence-corrected chi connectivity index (χ4v) is 1.29. The van der Waals surface area contributed by atoms with Crippen LogP contribution >= 0.6 is 0 Å². The van der Waals surface area contributed by atoms with Crippen molar-refractivity contribution >= 4 is 6.29 Å². The molecule has 0 amide bonds. The Hall–Kier alpha value is -0.730. The van der Waals surface area contributed by atoms with Crippen molar-refractivity contribution in [2.75, 3.05) is 6.54 Å². The van der Waals surface area contributed by atoms with Gasteiger partial charge >= 0.3 is 0 Å². The van der Waals surface area contributed by atoms with Gasteiger partial charge in [-0.1, -0.05) is 37.3 Å². The molecule has 0 aromatic carbocycles. The molecule has 13 heavy (non-hydrogen) atoms. The molecule has 0 heterocycles. The Morgan fingerprint density at radius 3 is 1.92 bits per heavy atom. The van der Waals surface area contributed by atoms with Gasteiger partial charge < -0.3 is 4.79 Å². The Morgan fingerprint density at radius 2 is 1.38 bits per heavy atom. The molecule has 0 aromatic rings. The average Bonchev–Trinajstić information content (AvgIpc) is 2.16. The van der Waals surface area contributed by atoms with Gasteiger partial charge in [-0.2, -0.15) is 4.91 Å². The van der Waals surface area contributed by atoms with Crippen LogP contribution in [0.2, 0.25) is 0 Å². The van der Waals surface area contributed by atoms with Crippen LogP contribution in [0.3, 0.4) is 0 Å². The minimum atomic E-state index is 0.463. The molecule has 0 radical (unpaired) electrons. The maximum atomic E-state index is 9.97. The SMILES string of the molecule is O=CCCCCCCCCCN=O. The van der Waals surface area contributed by atoms with E-state index in [1.807, 2.05) is 0 Å². The summed E-state index contributed by atoms with van der Waals surface area (Å²) in [6.07, 6.45) is 9.53. The molecule has 0 N–H and O–H groups in total. The second-order valence-corrected chi connectivity index (χ2v) is 3.28. The Morgan fingerprint density at radius 1 is 0.846 bits per heavy atom. The summed E-state index contributed by atoms with van der Waals surface area (Å²) in [4.78, 5) is 19.7. The summed E-state index contributed by atoms with van der Waals surface area (Å²) in [5.41, 5.74) is 0. The number of nitrogens with zero attached hydrogens (tertiary/aromatic N) is 1. The van der Waals surface area contributed by atoms with E-state index in [4.69, 9.17) is 0 Å². The number of rotatable bonds is 10. The summed E-state index contributed by atoms with van der Waals surface area (Å²) in [5, 5.41) is 2.81. The summed E-state index contributed by atoms with van der Waals surface area (Å²) in [7, 11) is 0. The predicted molar refractivity (Wildman–Crippen MR) is 53.7 cm³/mol. The van der Waals surface area contributed by atoms with Crippen molar-refractivity contribution in [3.05, 3.63) is 4.91 Å². The lowest BCUT2D eigenvalue weighted by Gasteiger charge is -1.98. The molecular weight excluding hydrogens is 166 g/mol. The van der Waals surface area contributed by atoms with Gasteiger partial charge in [0.2, 0.25) is 0 Å². The summed E-state index contributed by atoms with van der Waals surface area (Å²) in [6, 6.07) is 0.